The van der Waals surface area contributed by atoms with E-state index in [1.807, 2.05) is 4.90 Å². The smallest absolute Gasteiger partial charge is 0.303 e. The van der Waals surface area contributed by atoms with Crippen molar-refractivity contribution in [1.82, 2.24) is 4.90 Å². The lowest BCUT2D eigenvalue weighted by atomic mass is 10.0. The van der Waals surface area contributed by atoms with Crippen LogP contribution in [0.5, 0.6) is 0 Å². The first kappa shape index (κ1) is 13.9. The first-order valence-electron chi connectivity index (χ1n) is 6.43. The fraction of sp³-hybridized carbons (Fsp3) is 0.500. The van der Waals surface area contributed by atoms with Crippen molar-refractivity contribution >= 4 is 5.97 Å². The molecule has 3 nitrogen and oxygen atoms in total. The third-order valence-corrected chi connectivity index (χ3v) is 3.56. The Morgan fingerprint density at radius 2 is 2.21 bits per heavy atom. The summed E-state index contributed by atoms with van der Waals surface area (Å²) in [6, 6.07) is 4.20. The molecular weight excluding hydrogens is 252 g/mol. The monoisotopic (exact) mass is 269 g/mol. The molecule has 1 unspecified atom stereocenters. The first-order valence-corrected chi connectivity index (χ1v) is 6.43. The standard InChI is InChI=1S/C14H17F2NO2/c15-12-3-1-2-11(14(12)16)9-17-7-6-10(8-17)4-5-13(18)19/h1-3,10H,4-9H2,(H,18,19). The molecule has 0 amide bonds. The van der Waals surface area contributed by atoms with E-state index in [2.05, 4.69) is 0 Å². The molecule has 0 radical (unpaired) electrons. The summed E-state index contributed by atoms with van der Waals surface area (Å²) in [7, 11) is 0. The van der Waals surface area contributed by atoms with Crippen molar-refractivity contribution in [3.8, 4) is 0 Å². The van der Waals surface area contributed by atoms with Gasteiger partial charge >= 0.3 is 5.97 Å². The molecule has 1 fully saturated rings. The number of aliphatic carboxylic acids is 1. The second-order valence-electron chi connectivity index (χ2n) is 5.04. The maximum absolute atomic E-state index is 13.5. The number of hydrogen-bond donors (Lipinski definition) is 1. The first-order chi connectivity index (χ1) is 9.06. The number of hydrogen-bond acceptors (Lipinski definition) is 2. The second kappa shape index (κ2) is 6.10. The fourth-order valence-electron chi connectivity index (χ4n) is 2.53. The lowest BCUT2D eigenvalue weighted by molar-refractivity contribution is -0.137. The summed E-state index contributed by atoms with van der Waals surface area (Å²) in [5, 5.41) is 8.64. The van der Waals surface area contributed by atoms with Crippen LogP contribution in [-0.4, -0.2) is 29.1 Å². The van der Waals surface area contributed by atoms with Crippen molar-refractivity contribution < 1.29 is 18.7 Å². The molecule has 1 atom stereocenters. The van der Waals surface area contributed by atoms with E-state index in [0.717, 1.165) is 25.6 Å². The lowest BCUT2D eigenvalue weighted by Gasteiger charge is -2.16. The van der Waals surface area contributed by atoms with Crippen molar-refractivity contribution in [3.63, 3.8) is 0 Å². The normalized spacial score (nSPS) is 19.8. The Morgan fingerprint density at radius 1 is 1.42 bits per heavy atom. The molecule has 1 aliphatic heterocycles. The largest absolute Gasteiger partial charge is 0.481 e. The molecule has 0 bridgehead atoms. The topological polar surface area (TPSA) is 40.5 Å². The Morgan fingerprint density at radius 3 is 2.95 bits per heavy atom. The van der Waals surface area contributed by atoms with Gasteiger partial charge in [-0.2, -0.15) is 0 Å². The number of likely N-dealkylation sites (tertiary alicyclic amines) is 1. The van der Waals surface area contributed by atoms with Gasteiger partial charge in [0.25, 0.3) is 0 Å². The number of rotatable bonds is 5. The Labute approximate surface area is 110 Å². The molecule has 104 valence electrons. The van der Waals surface area contributed by atoms with Crippen molar-refractivity contribution in [3.05, 3.63) is 35.4 Å². The number of carboxylic acids is 1. The third-order valence-electron chi connectivity index (χ3n) is 3.56. The van der Waals surface area contributed by atoms with Crippen molar-refractivity contribution in [2.24, 2.45) is 5.92 Å². The summed E-state index contributed by atoms with van der Waals surface area (Å²) in [4.78, 5) is 12.6. The van der Waals surface area contributed by atoms with Crippen molar-refractivity contribution in [2.45, 2.75) is 25.8 Å². The van der Waals surface area contributed by atoms with Gasteiger partial charge in [-0.25, -0.2) is 8.78 Å². The van der Waals surface area contributed by atoms with Crippen LogP contribution in [0.1, 0.15) is 24.8 Å². The van der Waals surface area contributed by atoms with Crippen LogP contribution >= 0.6 is 0 Å². The minimum Gasteiger partial charge on any atom is -0.481 e. The Kier molecular flexibility index (Phi) is 4.47. The molecule has 19 heavy (non-hydrogen) atoms. The molecule has 1 saturated heterocycles. The van der Waals surface area contributed by atoms with Crippen molar-refractivity contribution in [1.29, 1.82) is 0 Å². The van der Waals surface area contributed by atoms with Gasteiger partial charge in [-0.15, -0.1) is 0 Å². The van der Waals surface area contributed by atoms with Gasteiger partial charge < -0.3 is 5.11 Å². The van der Waals surface area contributed by atoms with Crippen molar-refractivity contribution in [2.75, 3.05) is 13.1 Å². The SMILES string of the molecule is O=C(O)CCC1CCN(Cc2cccc(F)c2F)C1. The second-order valence-corrected chi connectivity index (χ2v) is 5.04. The molecule has 1 heterocycles. The minimum absolute atomic E-state index is 0.173. The van der Waals surface area contributed by atoms with E-state index in [0.29, 0.717) is 24.4 Å². The zero-order valence-electron chi connectivity index (χ0n) is 10.6. The van der Waals surface area contributed by atoms with Gasteiger partial charge in [0, 0.05) is 25.1 Å². The molecule has 1 aromatic rings. The van der Waals surface area contributed by atoms with Crippen LogP contribution in [0.15, 0.2) is 18.2 Å². The van der Waals surface area contributed by atoms with E-state index in [4.69, 9.17) is 5.11 Å². The summed E-state index contributed by atoms with van der Waals surface area (Å²) in [6.45, 7) is 1.94. The third kappa shape index (κ3) is 3.73. The number of nitrogens with zero attached hydrogens (tertiary/aromatic N) is 1. The van der Waals surface area contributed by atoms with Crippen LogP contribution in [0.2, 0.25) is 0 Å². The zero-order chi connectivity index (χ0) is 13.8. The average Bonchev–Trinajstić information content (AvgIpc) is 2.80. The van der Waals surface area contributed by atoms with Crippen LogP contribution in [0.25, 0.3) is 0 Å². The maximum Gasteiger partial charge on any atom is 0.303 e. The molecular formula is C14H17F2NO2. The summed E-state index contributed by atoms with van der Waals surface area (Å²) in [5.74, 6) is -2.04. The maximum atomic E-state index is 13.5. The van der Waals surface area contributed by atoms with E-state index in [1.165, 1.54) is 6.07 Å². The van der Waals surface area contributed by atoms with E-state index >= 15 is 0 Å². The van der Waals surface area contributed by atoms with Crippen LogP contribution in [0, 0.1) is 17.6 Å². The number of carbonyl (C=O) groups is 1. The highest BCUT2D eigenvalue weighted by molar-refractivity contribution is 5.66. The fourth-order valence-corrected chi connectivity index (χ4v) is 2.53. The average molecular weight is 269 g/mol. The molecule has 0 spiro atoms. The van der Waals surface area contributed by atoms with Crippen LogP contribution in [0.4, 0.5) is 8.78 Å². The number of benzene rings is 1. The van der Waals surface area contributed by atoms with E-state index < -0.39 is 17.6 Å². The van der Waals surface area contributed by atoms with Crippen LogP contribution in [0.3, 0.4) is 0 Å². The molecule has 5 heteroatoms. The molecule has 1 N–H and O–H groups in total. The predicted molar refractivity (Wildman–Crippen MR) is 66.6 cm³/mol. The lowest BCUT2D eigenvalue weighted by Crippen LogP contribution is -2.21. The summed E-state index contributed by atoms with van der Waals surface area (Å²) >= 11 is 0. The molecule has 0 aromatic heterocycles. The van der Waals surface area contributed by atoms with Gasteiger partial charge in [0.1, 0.15) is 0 Å². The van der Waals surface area contributed by atoms with Crippen LogP contribution in [-0.2, 0) is 11.3 Å². The summed E-state index contributed by atoms with van der Waals surface area (Å²) in [6.07, 6.45) is 1.74. The summed E-state index contributed by atoms with van der Waals surface area (Å²) in [5.41, 5.74) is 0.360. The highest BCUT2D eigenvalue weighted by Crippen LogP contribution is 2.23. The Bertz CT molecular complexity index is 465. The zero-order valence-corrected chi connectivity index (χ0v) is 10.6. The Hall–Kier alpha value is -1.49. The minimum atomic E-state index is -0.820. The quantitative estimate of drug-likeness (QED) is 0.893. The highest BCUT2D eigenvalue weighted by atomic mass is 19.2. The van der Waals surface area contributed by atoms with E-state index in [-0.39, 0.29) is 6.42 Å². The number of carboxylic acid groups (broad SMARTS) is 1. The molecule has 1 aromatic carbocycles. The Balaban J connectivity index is 1.88. The molecule has 2 rings (SSSR count). The van der Waals surface area contributed by atoms with Gasteiger partial charge in [0.15, 0.2) is 11.6 Å². The van der Waals surface area contributed by atoms with Gasteiger partial charge in [0.2, 0.25) is 0 Å². The summed E-state index contributed by atoms with van der Waals surface area (Å²) < 4.78 is 26.6. The van der Waals surface area contributed by atoms with E-state index in [9.17, 15) is 13.6 Å². The van der Waals surface area contributed by atoms with Gasteiger partial charge in [0.05, 0.1) is 0 Å². The van der Waals surface area contributed by atoms with E-state index in [1.54, 1.807) is 6.07 Å². The number of halogens is 2. The highest BCUT2D eigenvalue weighted by Gasteiger charge is 2.23. The van der Waals surface area contributed by atoms with Gasteiger partial charge in [-0.05, 0) is 31.4 Å². The van der Waals surface area contributed by atoms with Gasteiger partial charge in [-0.3, -0.25) is 9.69 Å². The van der Waals surface area contributed by atoms with Gasteiger partial charge in [-0.1, -0.05) is 12.1 Å². The molecule has 1 aliphatic rings. The molecule has 0 saturated carbocycles. The van der Waals surface area contributed by atoms with Crippen LogP contribution < -0.4 is 0 Å². The molecule has 0 aliphatic carbocycles. The predicted octanol–water partition coefficient (Wildman–Crippen LogP) is 2.65.